The summed E-state index contributed by atoms with van der Waals surface area (Å²) in [6.07, 6.45) is 21.9. The molecule has 0 radical (unpaired) electrons. The third kappa shape index (κ3) is 4.36. The zero-order chi connectivity index (χ0) is 21.7. The first-order valence-corrected chi connectivity index (χ1v) is 14.4. The maximum atomic E-state index is 2.73. The SMILES string of the molecule is CCC1CCC(C2CCC3CC(C4=CC5CC(C)CC(C)C5=C4)CC(C)C3C2)CC1C. The van der Waals surface area contributed by atoms with E-state index in [2.05, 4.69) is 46.8 Å². The van der Waals surface area contributed by atoms with Crippen LogP contribution in [0.25, 0.3) is 0 Å². The molecule has 0 heterocycles. The monoisotopic (exact) mass is 422 g/mol. The van der Waals surface area contributed by atoms with Crippen LogP contribution in [0.2, 0.25) is 0 Å². The van der Waals surface area contributed by atoms with Gasteiger partial charge in [0, 0.05) is 0 Å². The van der Waals surface area contributed by atoms with Gasteiger partial charge in [0.15, 0.2) is 0 Å². The highest BCUT2D eigenvalue weighted by molar-refractivity contribution is 5.39. The molecule has 0 nitrogen and oxygen atoms in total. The number of rotatable bonds is 3. The van der Waals surface area contributed by atoms with Crippen molar-refractivity contribution in [2.75, 3.05) is 0 Å². The minimum Gasteiger partial charge on any atom is -0.0738 e. The number of hydrogen-bond acceptors (Lipinski definition) is 0. The van der Waals surface area contributed by atoms with Crippen molar-refractivity contribution in [3.63, 3.8) is 0 Å². The van der Waals surface area contributed by atoms with Crippen LogP contribution in [0.4, 0.5) is 0 Å². The smallest absolute Gasteiger partial charge is 0.000893 e. The maximum Gasteiger partial charge on any atom is -0.000893 e. The first-order chi connectivity index (χ1) is 14.9. The molecule has 5 aliphatic carbocycles. The number of hydrogen-bond donors (Lipinski definition) is 0. The quantitative estimate of drug-likeness (QED) is 0.425. The second-order valence-corrected chi connectivity index (χ2v) is 13.3. The Morgan fingerprint density at radius 1 is 0.742 bits per heavy atom. The molecule has 0 amide bonds. The molecule has 4 fully saturated rings. The molecule has 4 saturated carbocycles. The summed E-state index contributed by atoms with van der Waals surface area (Å²) in [5.41, 5.74) is 3.56. The Morgan fingerprint density at radius 2 is 1.48 bits per heavy atom. The van der Waals surface area contributed by atoms with E-state index >= 15 is 0 Å². The van der Waals surface area contributed by atoms with E-state index in [1.54, 1.807) is 36.8 Å². The van der Waals surface area contributed by atoms with Gasteiger partial charge in [0.1, 0.15) is 0 Å². The lowest BCUT2D eigenvalue weighted by Gasteiger charge is -2.49. The third-order valence-electron chi connectivity index (χ3n) is 11.2. The second kappa shape index (κ2) is 9.02. The zero-order valence-electron chi connectivity index (χ0n) is 21.3. The van der Waals surface area contributed by atoms with Crippen LogP contribution in [-0.4, -0.2) is 0 Å². The molecule has 0 aliphatic heterocycles. The van der Waals surface area contributed by atoms with Crippen molar-refractivity contribution in [3.8, 4) is 0 Å². The predicted molar refractivity (Wildman–Crippen MR) is 134 cm³/mol. The van der Waals surface area contributed by atoms with Crippen LogP contribution in [0.3, 0.4) is 0 Å². The Labute approximate surface area is 193 Å². The Morgan fingerprint density at radius 3 is 2.26 bits per heavy atom. The highest BCUT2D eigenvalue weighted by Gasteiger charge is 2.43. The van der Waals surface area contributed by atoms with Gasteiger partial charge in [-0.1, -0.05) is 58.8 Å². The highest BCUT2D eigenvalue weighted by Crippen LogP contribution is 2.54. The summed E-state index contributed by atoms with van der Waals surface area (Å²) in [6, 6.07) is 0. The van der Waals surface area contributed by atoms with E-state index in [1.165, 1.54) is 44.9 Å². The van der Waals surface area contributed by atoms with Crippen LogP contribution in [0, 0.1) is 65.1 Å². The summed E-state index contributed by atoms with van der Waals surface area (Å²) in [4.78, 5) is 0. The van der Waals surface area contributed by atoms with Gasteiger partial charge in [0.25, 0.3) is 0 Å². The number of allylic oxidation sites excluding steroid dienone is 4. The Hall–Kier alpha value is -0.520. The van der Waals surface area contributed by atoms with Crippen LogP contribution in [-0.2, 0) is 0 Å². The molecule has 11 atom stereocenters. The molecule has 5 aliphatic rings. The largest absolute Gasteiger partial charge is 0.0738 e. The van der Waals surface area contributed by atoms with Gasteiger partial charge < -0.3 is 0 Å². The van der Waals surface area contributed by atoms with Gasteiger partial charge in [-0.05, 0) is 135 Å². The molecule has 0 heteroatoms. The third-order valence-corrected chi connectivity index (χ3v) is 11.2. The summed E-state index contributed by atoms with van der Waals surface area (Å²) in [7, 11) is 0. The minimum atomic E-state index is 0.790. The average molecular weight is 423 g/mol. The summed E-state index contributed by atoms with van der Waals surface area (Å²) in [5.74, 6) is 10.5. The van der Waals surface area contributed by atoms with E-state index < -0.39 is 0 Å². The molecular weight excluding hydrogens is 372 g/mol. The zero-order valence-corrected chi connectivity index (χ0v) is 21.3. The molecule has 0 aromatic heterocycles. The van der Waals surface area contributed by atoms with Crippen LogP contribution in [0.15, 0.2) is 23.3 Å². The van der Waals surface area contributed by atoms with Crippen molar-refractivity contribution in [1.82, 2.24) is 0 Å². The summed E-state index contributed by atoms with van der Waals surface area (Å²) >= 11 is 0. The topological polar surface area (TPSA) is 0 Å². The molecule has 0 aromatic carbocycles. The fourth-order valence-corrected chi connectivity index (χ4v) is 9.52. The van der Waals surface area contributed by atoms with Gasteiger partial charge in [-0.15, -0.1) is 0 Å². The molecule has 0 aromatic rings. The molecule has 0 N–H and O–H groups in total. The summed E-state index contributed by atoms with van der Waals surface area (Å²) in [5, 5.41) is 0. The molecule has 174 valence electrons. The normalized spacial score (nSPS) is 50.3. The van der Waals surface area contributed by atoms with Crippen molar-refractivity contribution in [2.45, 2.75) is 105 Å². The van der Waals surface area contributed by atoms with Crippen molar-refractivity contribution in [1.29, 1.82) is 0 Å². The van der Waals surface area contributed by atoms with Crippen molar-refractivity contribution < 1.29 is 0 Å². The average Bonchev–Trinajstić information content (AvgIpc) is 3.18. The summed E-state index contributed by atoms with van der Waals surface area (Å²) in [6.45, 7) is 12.6. The fourth-order valence-electron chi connectivity index (χ4n) is 9.52. The lowest BCUT2D eigenvalue weighted by Crippen LogP contribution is -2.39. The molecule has 0 spiro atoms. The van der Waals surface area contributed by atoms with Crippen molar-refractivity contribution >= 4 is 0 Å². The van der Waals surface area contributed by atoms with Crippen LogP contribution in [0.5, 0.6) is 0 Å². The van der Waals surface area contributed by atoms with Gasteiger partial charge in [0.2, 0.25) is 0 Å². The maximum absolute atomic E-state index is 2.73. The van der Waals surface area contributed by atoms with Gasteiger partial charge >= 0.3 is 0 Å². The van der Waals surface area contributed by atoms with Gasteiger partial charge in [0.05, 0.1) is 0 Å². The lowest BCUT2D eigenvalue weighted by molar-refractivity contribution is 0.0252. The van der Waals surface area contributed by atoms with Gasteiger partial charge in [-0.2, -0.15) is 0 Å². The molecule has 31 heavy (non-hydrogen) atoms. The van der Waals surface area contributed by atoms with E-state index in [1.807, 2.05) is 0 Å². The van der Waals surface area contributed by atoms with Crippen LogP contribution < -0.4 is 0 Å². The predicted octanol–water partition coefficient (Wildman–Crippen LogP) is 9.08. The minimum absolute atomic E-state index is 0.790. The lowest BCUT2D eigenvalue weighted by atomic mass is 9.57. The van der Waals surface area contributed by atoms with Crippen molar-refractivity contribution in [3.05, 3.63) is 23.3 Å². The summed E-state index contributed by atoms with van der Waals surface area (Å²) < 4.78 is 0. The molecule has 5 rings (SSSR count). The van der Waals surface area contributed by atoms with Crippen LogP contribution in [0.1, 0.15) is 105 Å². The Kier molecular flexibility index (Phi) is 6.48. The second-order valence-electron chi connectivity index (χ2n) is 13.3. The highest BCUT2D eigenvalue weighted by atomic mass is 14.5. The number of fused-ring (bicyclic) bond motifs is 2. The molecule has 0 saturated heterocycles. The standard InChI is InChI=1S/C31H50/c1-6-23-7-8-24(13-20(23)3)25-9-10-26-15-27(14-22(5)30(26)17-25)28-16-29-12-19(2)11-21(4)31(29)18-28/h16,18-27,29-30H,6-15,17H2,1-5H3. The van der Waals surface area contributed by atoms with Crippen molar-refractivity contribution in [2.24, 2.45) is 65.1 Å². The van der Waals surface area contributed by atoms with E-state index in [9.17, 15) is 0 Å². The van der Waals surface area contributed by atoms with Crippen LogP contribution >= 0.6 is 0 Å². The first kappa shape index (κ1) is 22.3. The van der Waals surface area contributed by atoms with E-state index in [0.717, 1.165) is 65.1 Å². The first-order valence-electron chi connectivity index (χ1n) is 14.4. The van der Waals surface area contributed by atoms with E-state index in [-0.39, 0.29) is 0 Å². The van der Waals surface area contributed by atoms with Gasteiger partial charge in [-0.3, -0.25) is 0 Å². The van der Waals surface area contributed by atoms with E-state index in [0.29, 0.717) is 0 Å². The molecule has 11 unspecified atom stereocenters. The van der Waals surface area contributed by atoms with E-state index in [4.69, 9.17) is 0 Å². The Balaban J connectivity index is 1.22. The van der Waals surface area contributed by atoms with Gasteiger partial charge in [-0.25, -0.2) is 0 Å². The fraction of sp³-hybridized carbons (Fsp3) is 0.871. The molecule has 0 bridgehead atoms. The molecular formula is C31H50. The Bertz CT molecular complexity index is 697.